The Morgan fingerprint density at radius 2 is 2.00 bits per heavy atom. The number of hydrogen-bond donors (Lipinski definition) is 1. The van der Waals surface area contributed by atoms with E-state index in [-0.39, 0.29) is 12.3 Å². The minimum atomic E-state index is -0.520. The molecule has 3 aromatic rings. The van der Waals surface area contributed by atoms with Crippen molar-refractivity contribution >= 4 is 46.2 Å². The molecule has 5 nitrogen and oxygen atoms in total. The number of nitrogens with one attached hydrogen (secondary N) is 1. The lowest BCUT2D eigenvalue weighted by atomic mass is 10.0. The molecule has 2 heterocycles. The molecular weight excluding hydrogens is 404 g/mol. The van der Waals surface area contributed by atoms with Gasteiger partial charge >= 0.3 is 5.97 Å². The summed E-state index contributed by atoms with van der Waals surface area (Å²) in [7, 11) is 1.32. The first kappa shape index (κ1) is 19.5. The number of methoxy groups -OCH3 is 1. The second-order valence-corrected chi connectivity index (χ2v) is 8.15. The van der Waals surface area contributed by atoms with Gasteiger partial charge in [-0.15, -0.1) is 22.7 Å². The highest BCUT2D eigenvalue weighted by Gasteiger charge is 2.23. The zero-order valence-corrected chi connectivity index (χ0v) is 17.1. The summed E-state index contributed by atoms with van der Waals surface area (Å²) < 4.78 is 4.77. The van der Waals surface area contributed by atoms with E-state index in [0.29, 0.717) is 15.6 Å². The van der Waals surface area contributed by atoms with Crippen LogP contribution in [0, 0.1) is 6.92 Å². The molecule has 0 fully saturated rings. The van der Waals surface area contributed by atoms with Crippen LogP contribution in [0.1, 0.15) is 33.4 Å². The molecule has 3 rings (SSSR count). The van der Waals surface area contributed by atoms with E-state index in [1.807, 2.05) is 17.5 Å². The van der Waals surface area contributed by atoms with Gasteiger partial charge in [0.05, 0.1) is 30.1 Å². The number of esters is 1. The lowest BCUT2D eigenvalue weighted by molar-refractivity contribution is -0.141. The van der Waals surface area contributed by atoms with Gasteiger partial charge < -0.3 is 10.1 Å². The fourth-order valence-corrected chi connectivity index (χ4v) is 4.43. The second kappa shape index (κ2) is 8.65. The Morgan fingerprint density at radius 3 is 2.63 bits per heavy atom. The van der Waals surface area contributed by atoms with Gasteiger partial charge in [0.2, 0.25) is 0 Å². The number of aryl methyl sites for hydroxylation is 1. The third-order valence-corrected chi connectivity index (χ3v) is 6.36. The van der Waals surface area contributed by atoms with Crippen molar-refractivity contribution in [1.29, 1.82) is 0 Å². The minimum absolute atomic E-state index is 0.0273. The summed E-state index contributed by atoms with van der Waals surface area (Å²) in [6, 6.07) is 10.4. The van der Waals surface area contributed by atoms with Crippen molar-refractivity contribution < 1.29 is 14.3 Å². The molecule has 0 aliphatic rings. The summed E-state index contributed by atoms with van der Waals surface area (Å²) in [5.74, 6) is -0.674. The van der Waals surface area contributed by atoms with Crippen LogP contribution in [-0.2, 0) is 9.53 Å². The molecule has 1 unspecified atom stereocenters. The maximum Gasteiger partial charge on any atom is 0.307 e. The van der Waals surface area contributed by atoms with E-state index in [0.717, 1.165) is 15.4 Å². The number of carbonyl (C=O) groups is 2. The van der Waals surface area contributed by atoms with Gasteiger partial charge in [0, 0.05) is 5.02 Å². The van der Waals surface area contributed by atoms with Gasteiger partial charge in [0.25, 0.3) is 5.91 Å². The predicted molar refractivity (Wildman–Crippen MR) is 108 cm³/mol. The van der Waals surface area contributed by atoms with Crippen LogP contribution in [0.4, 0.5) is 0 Å². The molecule has 2 aromatic heterocycles. The minimum Gasteiger partial charge on any atom is -0.469 e. The van der Waals surface area contributed by atoms with Crippen molar-refractivity contribution in [2.45, 2.75) is 19.4 Å². The third-order valence-electron chi connectivity index (χ3n) is 3.91. The molecule has 0 bridgehead atoms. The monoisotopic (exact) mass is 420 g/mol. The van der Waals surface area contributed by atoms with Gasteiger partial charge in [-0.25, -0.2) is 4.98 Å². The number of benzene rings is 1. The van der Waals surface area contributed by atoms with Crippen LogP contribution in [0.15, 0.2) is 41.8 Å². The average Bonchev–Trinajstić information content (AvgIpc) is 3.31. The van der Waals surface area contributed by atoms with Crippen LogP contribution < -0.4 is 5.32 Å². The highest BCUT2D eigenvalue weighted by Crippen LogP contribution is 2.31. The highest BCUT2D eigenvalue weighted by atomic mass is 35.5. The van der Waals surface area contributed by atoms with Gasteiger partial charge in [-0.1, -0.05) is 29.8 Å². The lowest BCUT2D eigenvalue weighted by Crippen LogP contribution is -2.30. The number of carbonyl (C=O) groups excluding carboxylic acids is 2. The average molecular weight is 421 g/mol. The van der Waals surface area contributed by atoms with E-state index < -0.39 is 12.0 Å². The molecule has 0 saturated carbocycles. The van der Waals surface area contributed by atoms with Crippen LogP contribution in [-0.4, -0.2) is 24.0 Å². The number of thiazole rings is 1. The number of ether oxygens (including phenoxy) is 1. The summed E-state index contributed by atoms with van der Waals surface area (Å²) >= 11 is 8.85. The molecule has 0 spiro atoms. The fourth-order valence-electron chi connectivity index (χ4n) is 2.53. The molecular formula is C19H17ClN2O3S2. The molecule has 140 valence electrons. The number of halogens is 1. The van der Waals surface area contributed by atoms with Crippen molar-refractivity contribution in [2.24, 2.45) is 0 Å². The van der Waals surface area contributed by atoms with Gasteiger partial charge in [0.1, 0.15) is 9.88 Å². The molecule has 1 aromatic carbocycles. The number of nitrogens with zero attached hydrogens (tertiary/aromatic N) is 1. The predicted octanol–water partition coefficient (Wildman–Crippen LogP) is 4.87. The number of amides is 1. The molecule has 1 amide bonds. The Bertz CT molecular complexity index is 937. The van der Waals surface area contributed by atoms with E-state index in [9.17, 15) is 9.59 Å². The molecule has 1 N–H and O–H groups in total. The molecule has 0 radical (unpaired) electrons. The summed E-state index contributed by atoms with van der Waals surface area (Å²) in [5, 5.41) is 6.29. The topological polar surface area (TPSA) is 68.3 Å². The SMILES string of the molecule is COC(=O)CC(NC(=O)c1sc(-c2cccs2)nc1C)c1ccc(Cl)cc1. The van der Waals surface area contributed by atoms with Crippen LogP contribution in [0.5, 0.6) is 0 Å². The molecule has 8 heteroatoms. The summed E-state index contributed by atoms with van der Waals surface area (Å²) in [6.45, 7) is 1.81. The summed E-state index contributed by atoms with van der Waals surface area (Å²) in [6.07, 6.45) is 0.0273. The Morgan fingerprint density at radius 1 is 1.26 bits per heavy atom. The molecule has 0 saturated heterocycles. The van der Waals surface area contributed by atoms with Crippen molar-refractivity contribution in [3.8, 4) is 9.88 Å². The summed E-state index contributed by atoms with van der Waals surface area (Å²) in [4.78, 5) is 30.7. The van der Waals surface area contributed by atoms with E-state index in [4.69, 9.17) is 16.3 Å². The lowest BCUT2D eigenvalue weighted by Gasteiger charge is -2.18. The smallest absolute Gasteiger partial charge is 0.307 e. The van der Waals surface area contributed by atoms with E-state index in [1.165, 1.54) is 18.4 Å². The van der Waals surface area contributed by atoms with E-state index in [2.05, 4.69) is 10.3 Å². The molecule has 1 atom stereocenters. The van der Waals surface area contributed by atoms with Gasteiger partial charge in [-0.2, -0.15) is 0 Å². The van der Waals surface area contributed by atoms with E-state index in [1.54, 1.807) is 42.5 Å². The third kappa shape index (κ3) is 4.74. The first-order valence-electron chi connectivity index (χ1n) is 8.12. The molecule has 0 aliphatic carbocycles. The first-order chi connectivity index (χ1) is 13.0. The number of thiophene rings is 1. The van der Waals surface area contributed by atoms with E-state index >= 15 is 0 Å². The second-order valence-electron chi connectivity index (χ2n) is 5.77. The normalized spacial score (nSPS) is 11.8. The number of hydrogen-bond acceptors (Lipinski definition) is 6. The Hall–Kier alpha value is -2.22. The molecule has 0 aliphatic heterocycles. The standard InChI is InChI=1S/C19H17ClN2O3S2/c1-11-17(27-19(21-11)15-4-3-9-26-15)18(24)22-14(10-16(23)25-2)12-5-7-13(20)8-6-12/h3-9,14H,10H2,1-2H3,(H,22,24). The van der Waals surface area contributed by atoms with Crippen LogP contribution in [0.2, 0.25) is 5.02 Å². The van der Waals surface area contributed by atoms with Crippen LogP contribution in [0.3, 0.4) is 0 Å². The zero-order chi connectivity index (χ0) is 19.4. The van der Waals surface area contributed by atoms with Crippen LogP contribution >= 0.6 is 34.3 Å². The zero-order valence-electron chi connectivity index (χ0n) is 14.7. The summed E-state index contributed by atoms with van der Waals surface area (Å²) in [5.41, 5.74) is 1.44. The van der Waals surface area contributed by atoms with Crippen molar-refractivity contribution in [2.75, 3.05) is 7.11 Å². The Kier molecular flexibility index (Phi) is 6.26. The van der Waals surface area contributed by atoms with Gasteiger partial charge in [-0.3, -0.25) is 9.59 Å². The number of aromatic nitrogens is 1. The van der Waals surface area contributed by atoms with Gasteiger partial charge in [0.15, 0.2) is 0 Å². The maximum atomic E-state index is 12.9. The van der Waals surface area contributed by atoms with Crippen molar-refractivity contribution in [3.63, 3.8) is 0 Å². The van der Waals surface area contributed by atoms with Crippen LogP contribution in [0.25, 0.3) is 9.88 Å². The highest BCUT2D eigenvalue weighted by molar-refractivity contribution is 7.22. The molecule has 27 heavy (non-hydrogen) atoms. The maximum absolute atomic E-state index is 12.9. The first-order valence-corrected chi connectivity index (χ1v) is 10.2. The Labute approximate surface area is 170 Å². The fraction of sp³-hybridized carbons (Fsp3) is 0.211. The number of rotatable bonds is 6. The largest absolute Gasteiger partial charge is 0.469 e. The van der Waals surface area contributed by atoms with Crippen molar-refractivity contribution in [1.82, 2.24) is 10.3 Å². The Balaban J connectivity index is 1.83. The van der Waals surface area contributed by atoms with Gasteiger partial charge in [-0.05, 0) is 36.1 Å². The quantitative estimate of drug-likeness (QED) is 0.578. The van der Waals surface area contributed by atoms with Crippen molar-refractivity contribution in [3.05, 3.63) is 62.9 Å².